The van der Waals surface area contributed by atoms with E-state index in [1.165, 1.54) is 4.90 Å². The summed E-state index contributed by atoms with van der Waals surface area (Å²) in [6.07, 6.45) is 5.19. The first-order valence-electron chi connectivity index (χ1n) is 12.9. The Bertz CT molecular complexity index is 985. The molecule has 2 fully saturated rings. The van der Waals surface area contributed by atoms with Crippen molar-refractivity contribution in [1.29, 1.82) is 0 Å². The van der Waals surface area contributed by atoms with E-state index in [0.29, 0.717) is 36.8 Å². The third-order valence-corrected chi connectivity index (χ3v) is 7.43. The molecule has 2 heterocycles. The topological polar surface area (TPSA) is 82.2 Å². The van der Waals surface area contributed by atoms with Gasteiger partial charge >= 0.3 is 12.0 Å². The van der Waals surface area contributed by atoms with Crippen molar-refractivity contribution in [3.63, 3.8) is 0 Å². The van der Waals surface area contributed by atoms with E-state index in [1.807, 2.05) is 36.1 Å². The lowest BCUT2D eigenvalue weighted by molar-refractivity contribution is -0.139. The molecule has 2 aliphatic heterocycles. The molecule has 0 spiro atoms. The molecular weight excluding hydrogens is 444 g/mol. The van der Waals surface area contributed by atoms with Crippen LogP contribution in [-0.2, 0) is 14.3 Å². The minimum Gasteiger partial charge on any atom is -0.463 e. The van der Waals surface area contributed by atoms with Crippen molar-refractivity contribution in [2.75, 3.05) is 46.4 Å². The highest BCUT2D eigenvalue weighted by Crippen LogP contribution is 2.32. The molecule has 190 valence electrons. The van der Waals surface area contributed by atoms with E-state index >= 15 is 0 Å². The molecule has 0 bridgehead atoms. The minimum absolute atomic E-state index is 0.183. The molecule has 3 amide bonds. The van der Waals surface area contributed by atoms with Gasteiger partial charge < -0.3 is 15.0 Å². The zero-order valence-corrected chi connectivity index (χ0v) is 21.2. The molecular formula is C27H38N4O4. The van der Waals surface area contributed by atoms with E-state index in [-0.39, 0.29) is 18.6 Å². The minimum atomic E-state index is -0.569. The standard InChI is InChI=1S/C27H38N4O4/c1-4-35-26(33)23-22(29(3)27(34)28-24(23)21-12-7-9-19(2)17-21)18-30-13-8-14-31(16-15-30)25(32)20-10-5-6-11-20/h7,9,12,17,20,24H,4-6,8,10-11,13-16,18H2,1-3H3,(H,28,34)/t24-/m1/s1. The molecule has 8 nitrogen and oxygen atoms in total. The van der Waals surface area contributed by atoms with Gasteiger partial charge in [0.1, 0.15) is 0 Å². The van der Waals surface area contributed by atoms with Crippen molar-refractivity contribution < 1.29 is 19.1 Å². The van der Waals surface area contributed by atoms with Crippen molar-refractivity contribution in [3.05, 3.63) is 46.7 Å². The van der Waals surface area contributed by atoms with Gasteiger partial charge in [-0.15, -0.1) is 0 Å². The van der Waals surface area contributed by atoms with Crippen LogP contribution >= 0.6 is 0 Å². The Hall–Kier alpha value is -2.87. The quantitative estimate of drug-likeness (QED) is 0.630. The van der Waals surface area contributed by atoms with Crippen LogP contribution in [0, 0.1) is 12.8 Å². The number of hydrogen-bond donors (Lipinski definition) is 1. The monoisotopic (exact) mass is 482 g/mol. The molecule has 3 aliphatic rings. The zero-order chi connectivity index (χ0) is 24.9. The normalized spacial score (nSPS) is 22.3. The maximum Gasteiger partial charge on any atom is 0.338 e. The number of nitrogens with one attached hydrogen (secondary N) is 1. The lowest BCUT2D eigenvalue weighted by Gasteiger charge is -2.36. The van der Waals surface area contributed by atoms with Gasteiger partial charge in [0.15, 0.2) is 0 Å². The number of amides is 3. The summed E-state index contributed by atoms with van der Waals surface area (Å²) >= 11 is 0. The van der Waals surface area contributed by atoms with Gasteiger partial charge in [0, 0.05) is 51.4 Å². The van der Waals surface area contributed by atoms with Gasteiger partial charge in [-0.2, -0.15) is 0 Å². The van der Waals surface area contributed by atoms with Crippen molar-refractivity contribution >= 4 is 17.9 Å². The van der Waals surface area contributed by atoms with Crippen LogP contribution in [0.4, 0.5) is 4.79 Å². The number of hydrogen-bond acceptors (Lipinski definition) is 5. The van der Waals surface area contributed by atoms with Crippen molar-refractivity contribution in [3.8, 4) is 0 Å². The second-order valence-electron chi connectivity index (χ2n) is 9.87. The van der Waals surface area contributed by atoms with Gasteiger partial charge in [0.05, 0.1) is 18.2 Å². The number of carbonyl (C=O) groups is 3. The van der Waals surface area contributed by atoms with E-state index in [0.717, 1.165) is 56.3 Å². The number of urea groups is 1. The third-order valence-electron chi connectivity index (χ3n) is 7.43. The van der Waals surface area contributed by atoms with Crippen LogP contribution < -0.4 is 5.32 Å². The summed E-state index contributed by atoms with van der Waals surface area (Å²) in [5.74, 6) is 0.0705. The number of nitrogens with zero attached hydrogens (tertiary/aromatic N) is 3. The average Bonchev–Trinajstić information content (AvgIpc) is 3.28. The summed E-state index contributed by atoms with van der Waals surface area (Å²) in [5.41, 5.74) is 3.05. The van der Waals surface area contributed by atoms with Crippen LogP contribution in [0.3, 0.4) is 0 Å². The summed E-state index contributed by atoms with van der Waals surface area (Å²) in [5, 5.41) is 2.99. The summed E-state index contributed by atoms with van der Waals surface area (Å²) < 4.78 is 5.45. The SMILES string of the molecule is CCOC(=O)C1=C(CN2CCCN(C(=O)C3CCCC3)CC2)N(C)C(=O)N[C@@H]1c1cccc(C)c1. The van der Waals surface area contributed by atoms with Gasteiger partial charge in [-0.05, 0) is 38.7 Å². The van der Waals surface area contributed by atoms with E-state index < -0.39 is 12.0 Å². The molecule has 0 aromatic heterocycles. The van der Waals surface area contributed by atoms with Crippen LogP contribution in [0.2, 0.25) is 0 Å². The first-order chi connectivity index (χ1) is 16.9. The van der Waals surface area contributed by atoms with Crippen LogP contribution in [0.15, 0.2) is 35.5 Å². The van der Waals surface area contributed by atoms with Gasteiger partial charge in [-0.25, -0.2) is 9.59 Å². The Labute approximate surface area is 208 Å². The molecule has 1 aliphatic carbocycles. The number of benzene rings is 1. The lowest BCUT2D eigenvalue weighted by Crippen LogP contribution is -2.49. The predicted octanol–water partition coefficient (Wildman–Crippen LogP) is 3.23. The molecule has 0 unspecified atom stereocenters. The molecule has 0 radical (unpaired) electrons. The van der Waals surface area contributed by atoms with E-state index in [2.05, 4.69) is 10.2 Å². The van der Waals surface area contributed by atoms with E-state index in [1.54, 1.807) is 14.0 Å². The average molecular weight is 483 g/mol. The van der Waals surface area contributed by atoms with Crippen LogP contribution in [0.1, 0.15) is 56.2 Å². The number of carbonyl (C=O) groups excluding carboxylic acids is 3. The first kappa shape index (κ1) is 25.2. The molecule has 1 aromatic rings. The van der Waals surface area contributed by atoms with Crippen molar-refractivity contribution in [2.24, 2.45) is 5.92 Å². The fourth-order valence-corrected chi connectivity index (χ4v) is 5.49. The maximum atomic E-state index is 13.2. The molecule has 1 saturated carbocycles. The van der Waals surface area contributed by atoms with Gasteiger partial charge in [-0.3, -0.25) is 14.6 Å². The van der Waals surface area contributed by atoms with Crippen LogP contribution in [0.25, 0.3) is 0 Å². The molecule has 1 atom stereocenters. The zero-order valence-electron chi connectivity index (χ0n) is 21.2. The highest BCUT2D eigenvalue weighted by Gasteiger charge is 2.38. The summed E-state index contributed by atoms with van der Waals surface area (Å²) in [6, 6.07) is 7.03. The Morgan fingerprint density at radius 1 is 1.09 bits per heavy atom. The number of rotatable bonds is 6. The van der Waals surface area contributed by atoms with Gasteiger partial charge in [0.25, 0.3) is 0 Å². The number of esters is 1. The summed E-state index contributed by atoms with van der Waals surface area (Å²) in [6.45, 7) is 7.44. The fourth-order valence-electron chi connectivity index (χ4n) is 5.49. The summed E-state index contributed by atoms with van der Waals surface area (Å²) in [7, 11) is 1.70. The Morgan fingerprint density at radius 2 is 1.86 bits per heavy atom. The molecule has 1 N–H and O–H groups in total. The second kappa shape index (κ2) is 11.2. The van der Waals surface area contributed by atoms with Crippen LogP contribution in [-0.4, -0.2) is 79.0 Å². The Kier molecular flexibility index (Phi) is 8.11. The van der Waals surface area contributed by atoms with E-state index in [9.17, 15) is 14.4 Å². The fraction of sp³-hybridized carbons (Fsp3) is 0.593. The van der Waals surface area contributed by atoms with Gasteiger partial charge in [-0.1, -0.05) is 42.7 Å². The molecule has 4 rings (SSSR count). The predicted molar refractivity (Wildman–Crippen MR) is 133 cm³/mol. The van der Waals surface area contributed by atoms with Gasteiger partial charge in [0.2, 0.25) is 5.91 Å². The smallest absolute Gasteiger partial charge is 0.338 e. The largest absolute Gasteiger partial charge is 0.463 e. The highest BCUT2D eigenvalue weighted by molar-refractivity contribution is 5.95. The second-order valence-corrected chi connectivity index (χ2v) is 9.87. The molecule has 1 saturated heterocycles. The van der Waals surface area contributed by atoms with Crippen molar-refractivity contribution in [1.82, 2.24) is 20.0 Å². The van der Waals surface area contributed by atoms with Crippen molar-refractivity contribution in [2.45, 2.75) is 52.0 Å². The highest BCUT2D eigenvalue weighted by atomic mass is 16.5. The molecule has 1 aromatic carbocycles. The molecule has 35 heavy (non-hydrogen) atoms. The number of likely N-dealkylation sites (N-methyl/N-ethyl adjacent to an activating group) is 1. The Balaban J connectivity index is 1.58. The lowest BCUT2D eigenvalue weighted by atomic mass is 9.93. The Morgan fingerprint density at radius 3 is 2.57 bits per heavy atom. The number of aryl methyl sites for hydroxylation is 1. The third kappa shape index (κ3) is 5.69. The van der Waals surface area contributed by atoms with Crippen LogP contribution in [0.5, 0.6) is 0 Å². The maximum absolute atomic E-state index is 13.2. The number of ether oxygens (including phenoxy) is 1. The molecule has 8 heteroatoms. The van der Waals surface area contributed by atoms with E-state index in [4.69, 9.17) is 4.74 Å². The first-order valence-corrected chi connectivity index (χ1v) is 12.9. The summed E-state index contributed by atoms with van der Waals surface area (Å²) in [4.78, 5) is 44.9.